The molecular weight excluding hydrogens is 269 g/mol. The summed E-state index contributed by atoms with van der Waals surface area (Å²) in [5, 5.41) is 0. The number of carbonyl (C=O) groups excluding carboxylic acids is 1. The lowest BCUT2D eigenvalue weighted by Crippen LogP contribution is -2.29. The zero-order chi connectivity index (χ0) is 15.2. The minimum atomic E-state index is -0.522. The number of halogens is 1. The number of ether oxygens (including phenoxy) is 1. The van der Waals surface area contributed by atoms with Crippen LogP contribution in [0.3, 0.4) is 0 Å². The lowest BCUT2D eigenvalue weighted by molar-refractivity contribution is 0.0998. The van der Waals surface area contributed by atoms with Gasteiger partial charge < -0.3 is 9.64 Å². The molecule has 0 N–H and O–H groups in total. The van der Waals surface area contributed by atoms with Gasteiger partial charge in [0.2, 0.25) is 0 Å². The summed E-state index contributed by atoms with van der Waals surface area (Å²) in [6, 6.07) is 14.0. The third-order valence-corrected chi connectivity index (χ3v) is 3.31. The van der Waals surface area contributed by atoms with E-state index in [4.69, 9.17) is 4.74 Å². The molecule has 2 aromatic rings. The zero-order valence-electron chi connectivity index (χ0n) is 12.2. The Labute approximate surface area is 124 Å². The first kappa shape index (κ1) is 15.0. The van der Waals surface area contributed by atoms with E-state index in [-0.39, 0.29) is 18.1 Å². The summed E-state index contributed by atoms with van der Waals surface area (Å²) in [4.78, 5) is 14.2. The molecule has 0 aliphatic heterocycles. The fourth-order valence-corrected chi connectivity index (χ4v) is 2.13. The Balaban J connectivity index is 2.15. The topological polar surface area (TPSA) is 29.5 Å². The molecular formula is C17H18FNO2. The molecule has 0 fully saturated rings. The summed E-state index contributed by atoms with van der Waals surface area (Å²) >= 11 is 0. The number of para-hydroxylation sites is 1. The van der Waals surface area contributed by atoms with Crippen molar-refractivity contribution in [2.45, 2.75) is 6.92 Å². The van der Waals surface area contributed by atoms with Crippen molar-refractivity contribution in [3.8, 4) is 5.75 Å². The Morgan fingerprint density at radius 3 is 2.48 bits per heavy atom. The number of benzene rings is 2. The van der Waals surface area contributed by atoms with E-state index in [1.54, 1.807) is 6.07 Å². The summed E-state index contributed by atoms with van der Waals surface area (Å²) in [6.45, 7) is 2.90. The minimum absolute atomic E-state index is 0.123. The van der Waals surface area contributed by atoms with Gasteiger partial charge in [0.15, 0.2) is 17.3 Å². The number of methoxy groups -OCH3 is 1. The smallest absolute Gasteiger partial charge is 0.182 e. The molecule has 4 heteroatoms. The molecule has 2 rings (SSSR count). The zero-order valence-corrected chi connectivity index (χ0v) is 12.2. The molecule has 21 heavy (non-hydrogen) atoms. The van der Waals surface area contributed by atoms with Crippen molar-refractivity contribution in [3.05, 3.63) is 59.9 Å². The van der Waals surface area contributed by atoms with E-state index in [9.17, 15) is 9.18 Å². The van der Waals surface area contributed by atoms with Gasteiger partial charge in [0.25, 0.3) is 0 Å². The van der Waals surface area contributed by atoms with Gasteiger partial charge in [-0.05, 0) is 37.3 Å². The SMILES string of the molecule is CCN(CC(=O)c1ccc(OC)c(F)c1)c1ccccc1. The summed E-state index contributed by atoms with van der Waals surface area (Å²) in [5.74, 6) is -0.504. The molecule has 0 amide bonds. The molecule has 0 heterocycles. The van der Waals surface area contributed by atoms with E-state index in [0.29, 0.717) is 12.1 Å². The number of hydrogen-bond acceptors (Lipinski definition) is 3. The van der Waals surface area contributed by atoms with E-state index in [2.05, 4.69) is 0 Å². The second-order valence-corrected chi connectivity index (χ2v) is 4.62. The van der Waals surface area contributed by atoms with Crippen LogP contribution in [0, 0.1) is 5.82 Å². The fraction of sp³-hybridized carbons (Fsp3) is 0.235. The maximum atomic E-state index is 13.7. The first-order valence-electron chi connectivity index (χ1n) is 6.82. The first-order valence-corrected chi connectivity index (χ1v) is 6.82. The molecule has 0 saturated carbocycles. The van der Waals surface area contributed by atoms with Gasteiger partial charge >= 0.3 is 0 Å². The Morgan fingerprint density at radius 1 is 1.19 bits per heavy atom. The van der Waals surface area contributed by atoms with E-state index < -0.39 is 5.82 Å². The molecule has 2 aromatic carbocycles. The van der Waals surface area contributed by atoms with Crippen LogP contribution in [0.4, 0.5) is 10.1 Å². The molecule has 0 unspecified atom stereocenters. The number of hydrogen-bond donors (Lipinski definition) is 0. The highest BCUT2D eigenvalue weighted by atomic mass is 19.1. The summed E-state index contributed by atoms with van der Waals surface area (Å²) < 4.78 is 18.5. The summed E-state index contributed by atoms with van der Waals surface area (Å²) in [5.41, 5.74) is 1.32. The van der Waals surface area contributed by atoms with Crippen LogP contribution in [-0.2, 0) is 0 Å². The normalized spacial score (nSPS) is 10.2. The van der Waals surface area contributed by atoms with Crippen LogP contribution in [0.15, 0.2) is 48.5 Å². The lowest BCUT2D eigenvalue weighted by atomic mass is 10.1. The predicted molar refractivity (Wildman–Crippen MR) is 81.6 cm³/mol. The van der Waals surface area contributed by atoms with Crippen molar-refractivity contribution in [3.63, 3.8) is 0 Å². The van der Waals surface area contributed by atoms with Crippen LogP contribution in [0.5, 0.6) is 5.75 Å². The highest BCUT2D eigenvalue weighted by Crippen LogP contribution is 2.19. The van der Waals surface area contributed by atoms with Crippen molar-refractivity contribution >= 4 is 11.5 Å². The van der Waals surface area contributed by atoms with Crippen LogP contribution in [0.1, 0.15) is 17.3 Å². The Kier molecular flexibility index (Phi) is 4.93. The number of likely N-dealkylation sites (N-methyl/N-ethyl adjacent to an activating group) is 1. The van der Waals surface area contributed by atoms with Crippen molar-refractivity contribution in [2.75, 3.05) is 25.1 Å². The molecule has 0 aromatic heterocycles. The molecule has 0 saturated heterocycles. The third-order valence-electron chi connectivity index (χ3n) is 3.31. The van der Waals surface area contributed by atoms with Gasteiger partial charge in [0, 0.05) is 17.8 Å². The molecule has 0 spiro atoms. The maximum Gasteiger partial charge on any atom is 0.182 e. The number of carbonyl (C=O) groups is 1. The molecule has 0 radical (unpaired) electrons. The fourth-order valence-electron chi connectivity index (χ4n) is 2.13. The predicted octanol–water partition coefficient (Wildman–Crippen LogP) is 3.54. The Hall–Kier alpha value is -2.36. The number of nitrogens with zero attached hydrogens (tertiary/aromatic N) is 1. The van der Waals surface area contributed by atoms with Crippen LogP contribution in [0.25, 0.3) is 0 Å². The van der Waals surface area contributed by atoms with E-state index in [0.717, 1.165) is 5.69 Å². The Bertz CT molecular complexity index is 613. The monoisotopic (exact) mass is 287 g/mol. The molecule has 0 aliphatic carbocycles. The van der Waals surface area contributed by atoms with Crippen molar-refractivity contribution < 1.29 is 13.9 Å². The first-order chi connectivity index (χ1) is 10.2. The lowest BCUT2D eigenvalue weighted by Gasteiger charge is -2.22. The van der Waals surface area contributed by atoms with E-state index >= 15 is 0 Å². The maximum absolute atomic E-state index is 13.7. The van der Waals surface area contributed by atoms with Crippen molar-refractivity contribution in [2.24, 2.45) is 0 Å². The number of Topliss-reactive ketones (excluding diaryl/α,β-unsaturated/α-hetero) is 1. The molecule has 110 valence electrons. The van der Waals surface area contributed by atoms with Crippen molar-refractivity contribution in [1.82, 2.24) is 0 Å². The van der Waals surface area contributed by atoms with Gasteiger partial charge in [0.05, 0.1) is 13.7 Å². The number of ketones is 1. The van der Waals surface area contributed by atoms with Gasteiger partial charge in [-0.1, -0.05) is 18.2 Å². The average Bonchev–Trinajstić information content (AvgIpc) is 2.53. The molecule has 0 aliphatic rings. The van der Waals surface area contributed by atoms with Gasteiger partial charge in [-0.25, -0.2) is 4.39 Å². The summed E-state index contributed by atoms with van der Waals surface area (Å²) in [7, 11) is 1.40. The number of rotatable bonds is 6. The van der Waals surface area contributed by atoms with E-state index in [1.165, 1.54) is 19.2 Å². The molecule has 0 atom stereocenters. The highest BCUT2D eigenvalue weighted by molar-refractivity contribution is 5.99. The van der Waals surface area contributed by atoms with Gasteiger partial charge in [-0.3, -0.25) is 4.79 Å². The van der Waals surface area contributed by atoms with Gasteiger partial charge in [-0.2, -0.15) is 0 Å². The van der Waals surface area contributed by atoms with Crippen LogP contribution in [-0.4, -0.2) is 26.0 Å². The van der Waals surface area contributed by atoms with Crippen LogP contribution < -0.4 is 9.64 Å². The minimum Gasteiger partial charge on any atom is -0.494 e. The van der Waals surface area contributed by atoms with Crippen LogP contribution >= 0.6 is 0 Å². The highest BCUT2D eigenvalue weighted by Gasteiger charge is 2.14. The average molecular weight is 287 g/mol. The molecule has 3 nitrogen and oxygen atoms in total. The van der Waals surface area contributed by atoms with Gasteiger partial charge in [-0.15, -0.1) is 0 Å². The van der Waals surface area contributed by atoms with Crippen molar-refractivity contribution in [1.29, 1.82) is 0 Å². The second-order valence-electron chi connectivity index (χ2n) is 4.62. The summed E-state index contributed by atoms with van der Waals surface area (Å²) in [6.07, 6.45) is 0. The largest absolute Gasteiger partial charge is 0.494 e. The Morgan fingerprint density at radius 2 is 1.90 bits per heavy atom. The quantitative estimate of drug-likeness (QED) is 0.761. The standard InChI is InChI=1S/C17H18FNO2/c1-3-19(14-7-5-4-6-8-14)12-16(20)13-9-10-17(21-2)15(18)11-13/h4-11H,3,12H2,1-2H3. The van der Waals surface area contributed by atoms with Gasteiger partial charge in [0.1, 0.15) is 0 Å². The molecule has 0 bridgehead atoms. The van der Waals surface area contributed by atoms with E-state index in [1.807, 2.05) is 42.2 Å². The number of anilines is 1. The van der Waals surface area contributed by atoms with Crippen LogP contribution in [0.2, 0.25) is 0 Å². The second kappa shape index (κ2) is 6.88. The third kappa shape index (κ3) is 3.60.